The normalized spacial score (nSPS) is 16.8. The number of sulfone groups is 1. The summed E-state index contributed by atoms with van der Waals surface area (Å²) < 4.78 is 63.4. The monoisotopic (exact) mass is 490 g/mol. The highest BCUT2D eigenvalue weighted by Gasteiger charge is 2.31. The fourth-order valence-corrected chi connectivity index (χ4v) is 5.28. The van der Waals surface area contributed by atoms with Gasteiger partial charge in [-0.25, -0.2) is 18.4 Å². The number of hydrogen-bond donors (Lipinski definition) is 2. The van der Waals surface area contributed by atoms with E-state index in [1.165, 1.54) is 6.07 Å². The van der Waals surface area contributed by atoms with Gasteiger partial charge in [-0.05, 0) is 79.8 Å². The van der Waals surface area contributed by atoms with Gasteiger partial charge in [0.2, 0.25) is 0 Å². The van der Waals surface area contributed by atoms with Crippen molar-refractivity contribution in [3.8, 4) is 0 Å². The molecule has 0 radical (unpaired) electrons. The highest BCUT2D eigenvalue weighted by molar-refractivity contribution is 7.91. The van der Waals surface area contributed by atoms with Crippen molar-refractivity contribution in [1.29, 1.82) is 0 Å². The van der Waals surface area contributed by atoms with Crippen molar-refractivity contribution in [2.24, 2.45) is 0 Å². The summed E-state index contributed by atoms with van der Waals surface area (Å²) in [7, 11) is -3.06. The maximum absolute atomic E-state index is 13.3. The Morgan fingerprint density at radius 2 is 1.82 bits per heavy atom. The van der Waals surface area contributed by atoms with Crippen LogP contribution in [-0.4, -0.2) is 29.9 Å². The molecule has 0 unspecified atom stereocenters. The number of nitrogens with two attached hydrogens (primary N) is 1. The minimum Gasteiger partial charge on any atom is -0.399 e. The first kappa shape index (κ1) is 24.0. The molecule has 1 aromatic heterocycles. The van der Waals surface area contributed by atoms with Gasteiger partial charge in [-0.3, -0.25) is 0 Å². The van der Waals surface area contributed by atoms with Crippen molar-refractivity contribution in [2.75, 3.05) is 22.6 Å². The van der Waals surface area contributed by atoms with E-state index in [0.717, 1.165) is 34.3 Å². The molecule has 1 atom stereocenters. The van der Waals surface area contributed by atoms with Gasteiger partial charge in [0, 0.05) is 11.1 Å². The number of rotatable bonds is 4. The Bertz CT molecular complexity index is 1420. The highest BCUT2D eigenvalue weighted by Crippen LogP contribution is 2.35. The molecule has 0 spiro atoms. The summed E-state index contributed by atoms with van der Waals surface area (Å²) in [6.45, 7) is 5.40. The van der Waals surface area contributed by atoms with Crippen molar-refractivity contribution in [2.45, 2.75) is 39.4 Å². The number of nitrogens with zero attached hydrogens (tertiary/aromatic N) is 2. The van der Waals surface area contributed by atoms with Gasteiger partial charge in [0.05, 0.1) is 28.6 Å². The average Bonchev–Trinajstić information content (AvgIpc) is 2.73. The molecule has 0 bridgehead atoms. The predicted octanol–water partition coefficient (Wildman–Crippen LogP) is 5.22. The number of benzene rings is 2. The molecule has 0 aliphatic carbocycles. The first-order valence-electron chi connectivity index (χ1n) is 10.8. The van der Waals surface area contributed by atoms with Crippen molar-refractivity contribution in [1.82, 2.24) is 9.97 Å². The second-order valence-electron chi connectivity index (χ2n) is 8.65. The molecule has 1 aliphatic rings. The van der Waals surface area contributed by atoms with Crippen LogP contribution in [0.3, 0.4) is 0 Å². The smallest absolute Gasteiger partial charge is 0.399 e. The predicted molar refractivity (Wildman–Crippen MR) is 128 cm³/mol. The Labute approximate surface area is 196 Å². The van der Waals surface area contributed by atoms with Crippen LogP contribution in [0.25, 0.3) is 16.5 Å². The summed E-state index contributed by atoms with van der Waals surface area (Å²) in [5.41, 5.74) is 8.77. The maximum Gasteiger partial charge on any atom is 0.416 e. The zero-order valence-corrected chi connectivity index (χ0v) is 19.8. The van der Waals surface area contributed by atoms with Crippen LogP contribution in [0.1, 0.15) is 47.5 Å². The zero-order valence-electron chi connectivity index (χ0n) is 19.0. The number of anilines is 2. The Hall–Kier alpha value is -3.14. The van der Waals surface area contributed by atoms with Crippen LogP contribution >= 0.6 is 0 Å². The summed E-state index contributed by atoms with van der Waals surface area (Å²) >= 11 is 0. The molecule has 34 heavy (non-hydrogen) atoms. The number of alkyl halides is 3. The lowest BCUT2D eigenvalue weighted by Crippen LogP contribution is -2.15. The van der Waals surface area contributed by atoms with Gasteiger partial charge in [0.25, 0.3) is 0 Å². The Morgan fingerprint density at radius 1 is 1.09 bits per heavy atom. The van der Waals surface area contributed by atoms with Crippen molar-refractivity contribution < 1.29 is 21.6 Å². The van der Waals surface area contributed by atoms with Crippen LogP contribution in [0, 0.1) is 13.8 Å². The van der Waals surface area contributed by atoms with Crippen LogP contribution < -0.4 is 11.1 Å². The zero-order chi connectivity index (χ0) is 24.8. The first-order chi connectivity index (χ1) is 15.8. The summed E-state index contributed by atoms with van der Waals surface area (Å²) in [5, 5.41) is 3.94. The van der Waals surface area contributed by atoms with Crippen LogP contribution in [-0.2, 0) is 16.0 Å². The number of fused-ring (bicyclic) bond motifs is 1. The molecular formula is C24H25F3N4O2S. The summed E-state index contributed by atoms with van der Waals surface area (Å²) in [5.74, 6) is 1.10. The van der Waals surface area contributed by atoms with E-state index in [4.69, 9.17) is 5.73 Å². The van der Waals surface area contributed by atoms with Crippen molar-refractivity contribution in [3.05, 3.63) is 64.5 Å². The molecule has 0 amide bonds. The fraction of sp³-hybridized carbons (Fsp3) is 0.333. The van der Waals surface area contributed by atoms with Gasteiger partial charge in [0.1, 0.15) is 11.6 Å². The molecular weight excluding hydrogens is 465 g/mol. The van der Waals surface area contributed by atoms with Crippen LogP contribution in [0.2, 0.25) is 0 Å². The quantitative estimate of drug-likeness (QED) is 0.487. The molecule has 6 nitrogen and oxygen atoms in total. The standard InChI is InChI=1S/C24H25F3N4O2S/c1-13-8-18(16-4-6-34(32,33)7-5-16)11-21-22(13)30-15(3)31-23(21)29-14(2)17-9-19(24(25,26)27)12-20(28)10-17/h4,8-12,14H,5-7,28H2,1-3H3,(H,29,30,31)/t14-/m1/s1. The highest BCUT2D eigenvalue weighted by atomic mass is 32.2. The molecule has 180 valence electrons. The molecule has 3 aromatic rings. The molecule has 2 heterocycles. The van der Waals surface area contributed by atoms with Crippen molar-refractivity contribution >= 4 is 37.8 Å². The van der Waals surface area contributed by atoms with Gasteiger partial charge < -0.3 is 11.1 Å². The van der Waals surface area contributed by atoms with E-state index in [1.807, 2.05) is 19.1 Å². The first-order valence-corrected chi connectivity index (χ1v) is 12.6. The summed E-state index contributed by atoms with van der Waals surface area (Å²) in [4.78, 5) is 9.07. The summed E-state index contributed by atoms with van der Waals surface area (Å²) in [6.07, 6.45) is -2.35. The SMILES string of the molecule is Cc1nc(N[C@H](C)c2cc(N)cc(C(F)(F)F)c2)c2cc(C3=CCS(=O)(=O)CC3)cc(C)c2n1. The topological polar surface area (TPSA) is 98.0 Å². The number of allylic oxidation sites excluding steroid dienone is 1. The largest absolute Gasteiger partial charge is 0.416 e. The third-order valence-corrected chi connectivity index (χ3v) is 7.40. The number of nitrogen functional groups attached to an aromatic ring is 1. The van der Waals surface area contributed by atoms with Gasteiger partial charge in [-0.2, -0.15) is 13.2 Å². The van der Waals surface area contributed by atoms with Gasteiger partial charge in [-0.15, -0.1) is 0 Å². The Kier molecular flexibility index (Phi) is 6.05. The van der Waals surface area contributed by atoms with E-state index in [2.05, 4.69) is 15.3 Å². The molecule has 4 rings (SSSR count). The van der Waals surface area contributed by atoms with E-state index in [9.17, 15) is 21.6 Å². The summed E-state index contributed by atoms with van der Waals surface area (Å²) in [6, 6.07) is 6.85. The van der Waals surface area contributed by atoms with Gasteiger partial charge in [-0.1, -0.05) is 6.08 Å². The fourth-order valence-electron chi connectivity index (χ4n) is 4.13. The molecule has 1 aliphatic heterocycles. The Morgan fingerprint density at radius 3 is 2.47 bits per heavy atom. The number of nitrogens with one attached hydrogen (secondary N) is 1. The number of aryl methyl sites for hydroxylation is 2. The van der Waals surface area contributed by atoms with Crippen LogP contribution in [0.5, 0.6) is 0 Å². The second-order valence-corrected chi connectivity index (χ2v) is 10.9. The number of halogens is 3. The molecule has 0 saturated heterocycles. The molecule has 10 heteroatoms. The van der Waals surface area contributed by atoms with E-state index >= 15 is 0 Å². The minimum atomic E-state index is -4.50. The van der Waals surface area contributed by atoms with Gasteiger partial charge in [0.15, 0.2) is 9.84 Å². The third-order valence-electron chi connectivity index (χ3n) is 5.90. The molecule has 0 saturated carbocycles. The Balaban J connectivity index is 1.76. The molecule has 0 fully saturated rings. The van der Waals surface area contributed by atoms with E-state index in [1.54, 1.807) is 19.9 Å². The lowest BCUT2D eigenvalue weighted by molar-refractivity contribution is -0.137. The number of aromatic nitrogens is 2. The molecule has 2 aromatic carbocycles. The van der Waals surface area contributed by atoms with Crippen LogP contribution in [0.15, 0.2) is 36.4 Å². The van der Waals surface area contributed by atoms with Crippen molar-refractivity contribution in [3.63, 3.8) is 0 Å². The maximum atomic E-state index is 13.3. The lowest BCUT2D eigenvalue weighted by Gasteiger charge is -2.20. The lowest BCUT2D eigenvalue weighted by atomic mass is 9.98. The van der Waals surface area contributed by atoms with E-state index in [0.29, 0.717) is 29.0 Å². The molecule has 3 N–H and O–H groups in total. The minimum absolute atomic E-state index is 0.00290. The second kappa shape index (κ2) is 8.57. The average molecular weight is 491 g/mol. The number of hydrogen-bond acceptors (Lipinski definition) is 6. The van der Waals surface area contributed by atoms with Crippen LogP contribution in [0.4, 0.5) is 24.7 Å². The van der Waals surface area contributed by atoms with E-state index < -0.39 is 27.6 Å². The third kappa shape index (κ3) is 5.01. The van der Waals surface area contributed by atoms with Gasteiger partial charge >= 0.3 is 6.18 Å². The van der Waals surface area contributed by atoms with E-state index in [-0.39, 0.29) is 17.2 Å².